The molecule has 1 aromatic carbocycles. The van der Waals surface area contributed by atoms with Crippen LogP contribution >= 0.6 is 0 Å². The van der Waals surface area contributed by atoms with Crippen LogP contribution in [0.1, 0.15) is 30.3 Å². The minimum absolute atomic E-state index is 0.0639. The van der Waals surface area contributed by atoms with E-state index in [2.05, 4.69) is 10.3 Å². The highest BCUT2D eigenvalue weighted by atomic mass is 32.2. The monoisotopic (exact) mass is 414 g/mol. The molecule has 2 aromatic heterocycles. The molecule has 4 rings (SSSR count). The lowest BCUT2D eigenvalue weighted by atomic mass is 10.3. The molecule has 3 heterocycles. The fraction of sp³-hybridized carbons (Fsp3) is 0.300. The second kappa shape index (κ2) is 7.84. The summed E-state index contributed by atoms with van der Waals surface area (Å²) in [6.07, 6.45) is 5.11. The number of fused-ring (bicyclic) bond motifs is 1. The zero-order valence-corrected chi connectivity index (χ0v) is 16.9. The number of rotatable bonds is 6. The Morgan fingerprint density at radius 3 is 2.72 bits per heavy atom. The molecule has 29 heavy (non-hydrogen) atoms. The second-order valence-corrected chi connectivity index (χ2v) is 8.66. The SMILES string of the molecule is CCOc1ccc(NC(=O)c2cn3ccccc3n2)cc1S(=O)(=O)N1CCCC1. The first-order valence-electron chi connectivity index (χ1n) is 9.51. The van der Waals surface area contributed by atoms with Crippen LogP contribution in [0.15, 0.2) is 53.7 Å². The van der Waals surface area contributed by atoms with Crippen molar-refractivity contribution in [2.45, 2.75) is 24.7 Å². The third-order valence-corrected chi connectivity index (χ3v) is 6.70. The van der Waals surface area contributed by atoms with Gasteiger partial charge in [-0.25, -0.2) is 13.4 Å². The van der Waals surface area contributed by atoms with E-state index in [-0.39, 0.29) is 16.3 Å². The van der Waals surface area contributed by atoms with Crippen LogP contribution in [0, 0.1) is 0 Å². The van der Waals surface area contributed by atoms with Crippen molar-refractivity contribution in [2.24, 2.45) is 0 Å². The molecular weight excluding hydrogens is 392 g/mol. The maximum atomic E-state index is 13.1. The van der Waals surface area contributed by atoms with Gasteiger partial charge in [-0.05, 0) is 50.1 Å². The van der Waals surface area contributed by atoms with Crippen molar-refractivity contribution in [2.75, 3.05) is 25.0 Å². The average Bonchev–Trinajstić information content (AvgIpc) is 3.39. The van der Waals surface area contributed by atoms with Gasteiger partial charge >= 0.3 is 0 Å². The van der Waals surface area contributed by atoms with Crippen LogP contribution in [0.5, 0.6) is 5.75 Å². The van der Waals surface area contributed by atoms with Gasteiger partial charge in [-0.2, -0.15) is 4.31 Å². The van der Waals surface area contributed by atoms with Crippen LogP contribution in [-0.4, -0.2) is 47.7 Å². The van der Waals surface area contributed by atoms with Gasteiger partial charge in [0.1, 0.15) is 22.0 Å². The zero-order valence-electron chi connectivity index (χ0n) is 16.0. The molecule has 8 nitrogen and oxygen atoms in total. The Bertz CT molecular complexity index is 1120. The number of sulfonamides is 1. The van der Waals surface area contributed by atoms with Crippen LogP contribution in [0.4, 0.5) is 5.69 Å². The molecule has 0 radical (unpaired) electrons. The fourth-order valence-corrected chi connectivity index (χ4v) is 5.04. The van der Waals surface area contributed by atoms with Crippen molar-refractivity contribution in [1.29, 1.82) is 0 Å². The molecule has 0 saturated carbocycles. The van der Waals surface area contributed by atoms with E-state index < -0.39 is 15.9 Å². The van der Waals surface area contributed by atoms with E-state index >= 15 is 0 Å². The largest absolute Gasteiger partial charge is 0.492 e. The molecule has 0 spiro atoms. The Hall–Kier alpha value is -2.91. The summed E-state index contributed by atoms with van der Waals surface area (Å²) < 4.78 is 34.9. The molecule has 1 aliphatic rings. The zero-order chi connectivity index (χ0) is 20.4. The quantitative estimate of drug-likeness (QED) is 0.670. The van der Waals surface area contributed by atoms with Crippen LogP contribution < -0.4 is 10.1 Å². The van der Waals surface area contributed by atoms with Crippen molar-refractivity contribution < 1.29 is 17.9 Å². The summed E-state index contributed by atoms with van der Waals surface area (Å²) in [5.74, 6) is -0.132. The number of carbonyl (C=O) groups excluding carboxylic acids is 1. The molecule has 9 heteroatoms. The molecule has 0 atom stereocenters. The number of nitrogens with zero attached hydrogens (tertiary/aromatic N) is 3. The first kappa shape index (κ1) is 19.4. The van der Waals surface area contributed by atoms with Crippen LogP contribution in [0.2, 0.25) is 0 Å². The number of aromatic nitrogens is 2. The van der Waals surface area contributed by atoms with Gasteiger partial charge in [0, 0.05) is 31.2 Å². The van der Waals surface area contributed by atoms with Gasteiger partial charge in [0.25, 0.3) is 5.91 Å². The van der Waals surface area contributed by atoms with E-state index in [0.717, 1.165) is 12.8 Å². The summed E-state index contributed by atoms with van der Waals surface area (Å²) in [7, 11) is -3.70. The number of hydrogen-bond acceptors (Lipinski definition) is 5. The molecule has 1 saturated heterocycles. The topological polar surface area (TPSA) is 93.0 Å². The van der Waals surface area contributed by atoms with Gasteiger partial charge in [-0.15, -0.1) is 0 Å². The minimum atomic E-state index is -3.70. The lowest BCUT2D eigenvalue weighted by Gasteiger charge is -2.19. The maximum Gasteiger partial charge on any atom is 0.275 e. The van der Waals surface area contributed by atoms with Crippen molar-refractivity contribution in [3.63, 3.8) is 0 Å². The minimum Gasteiger partial charge on any atom is -0.492 e. The summed E-state index contributed by atoms with van der Waals surface area (Å²) in [4.78, 5) is 17.0. The van der Waals surface area contributed by atoms with E-state index in [1.807, 2.05) is 12.1 Å². The predicted molar refractivity (Wildman–Crippen MR) is 109 cm³/mol. The lowest BCUT2D eigenvalue weighted by molar-refractivity contribution is 0.102. The highest BCUT2D eigenvalue weighted by Gasteiger charge is 2.30. The summed E-state index contributed by atoms with van der Waals surface area (Å²) in [6.45, 7) is 3.12. The number of nitrogens with one attached hydrogen (secondary N) is 1. The number of carbonyl (C=O) groups is 1. The Kier molecular flexibility index (Phi) is 5.25. The number of hydrogen-bond donors (Lipinski definition) is 1. The number of benzene rings is 1. The summed E-state index contributed by atoms with van der Waals surface area (Å²) >= 11 is 0. The Morgan fingerprint density at radius 1 is 1.21 bits per heavy atom. The van der Waals surface area contributed by atoms with E-state index in [0.29, 0.717) is 31.0 Å². The van der Waals surface area contributed by atoms with Gasteiger partial charge in [0.05, 0.1) is 6.61 Å². The summed E-state index contributed by atoms with van der Waals surface area (Å²) in [6, 6.07) is 10.1. The normalized spacial score (nSPS) is 14.9. The molecule has 0 aliphatic carbocycles. The number of ether oxygens (including phenoxy) is 1. The van der Waals surface area contributed by atoms with Crippen LogP contribution in [-0.2, 0) is 10.0 Å². The summed E-state index contributed by atoms with van der Waals surface area (Å²) in [5.41, 5.74) is 1.27. The molecule has 0 bridgehead atoms. The smallest absolute Gasteiger partial charge is 0.275 e. The lowest BCUT2D eigenvalue weighted by Crippen LogP contribution is -2.28. The number of imidazole rings is 1. The molecule has 1 aliphatic heterocycles. The molecule has 1 N–H and O–H groups in total. The molecule has 1 fully saturated rings. The molecular formula is C20H22N4O4S. The standard InChI is InChI=1S/C20H22N4O4S/c1-2-28-17-9-8-15(13-18(17)29(26,27)24-11-5-6-12-24)21-20(25)16-14-23-10-4-3-7-19(23)22-16/h3-4,7-10,13-14H,2,5-6,11-12H2,1H3,(H,21,25). The molecule has 3 aromatic rings. The van der Waals surface area contributed by atoms with Gasteiger partial charge in [-0.1, -0.05) is 6.07 Å². The summed E-state index contributed by atoms with van der Waals surface area (Å²) in [5, 5.41) is 2.74. The maximum absolute atomic E-state index is 13.1. The predicted octanol–water partition coefficient (Wildman–Crippen LogP) is 2.77. The highest BCUT2D eigenvalue weighted by molar-refractivity contribution is 7.89. The van der Waals surface area contributed by atoms with Gasteiger partial charge in [-0.3, -0.25) is 4.79 Å². The van der Waals surface area contributed by atoms with E-state index in [9.17, 15) is 13.2 Å². The second-order valence-electron chi connectivity index (χ2n) is 6.75. The Balaban J connectivity index is 1.64. The molecule has 152 valence electrons. The van der Waals surface area contributed by atoms with E-state index in [4.69, 9.17) is 4.74 Å². The van der Waals surface area contributed by atoms with Crippen molar-refractivity contribution >= 4 is 27.3 Å². The van der Waals surface area contributed by atoms with Crippen molar-refractivity contribution in [1.82, 2.24) is 13.7 Å². The number of anilines is 1. The van der Waals surface area contributed by atoms with Gasteiger partial charge < -0.3 is 14.5 Å². The number of pyridine rings is 1. The van der Waals surface area contributed by atoms with E-state index in [1.54, 1.807) is 41.9 Å². The van der Waals surface area contributed by atoms with Crippen LogP contribution in [0.25, 0.3) is 5.65 Å². The third-order valence-electron chi connectivity index (χ3n) is 4.78. The molecule has 0 unspecified atom stereocenters. The highest BCUT2D eigenvalue weighted by Crippen LogP contribution is 2.31. The van der Waals surface area contributed by atoms with Gasteiger partial charge in [0.15, 0.2) is 0 Å². The number of amides is 1. The Morgan fingerprint density at radius 2 is 2.00 bits per heavy atom. The first-order chi connectivity index (χ1) is 14.0. The fourth-order valence-electron chi connectivity index (χ4n) is 3.37. The average molecular weight is 414 g/mol. The first-order valence-corrected chi connectivity index (χ1v) is 10.9. The van der Waals surface area contributed by atoms with Crippen molar-refractivity contribution in [3.8, 4) is 5.75 Å². The third kappa shape index (κ3) is 3.83. The van der Waals surface area contributed by atoms with Crippen LogP contribution in [0.3, 0.4) is 0 Å². The Labute approximate surface area is 169 Å². The molecule has 1 amide bonds. The van der Waals surface area contributed by atoms with Gasteiger partial charge in [0.2, 0.25) is 10.0 Å². The van der Waals surface area contributed by atoms with Crippen molar-refractivity contribution in [3.05, 3.63) is 54.5 Å². The van der Waals surface area contributed by atoms with E-state index in [1.165, 1.54) is 10.4 Å².